The summed E-state index contributed by atoms with van der Waals surface area (Å²) in [7, 11) is 0. The van der Waals surface area contributed by atoms with Crippen LogP contribution in [0.15, 0.2) is 12.7 Å². The van der Waals surface area contributed by atoms with Gasteiger partial charge in [-0.3, -0.25) is 0 Å². The summed E-state index contributed by atoms with van der Waals surface area (Å²) in [5.41, 5.74) is -2.90. The van der Waals surface area contributed by atoms with Crippen LogP contribution in [0.1, 0.15) is 0 Å². The summed E-state index contributed by atoms with van der Waals surface area (Å²) >= 11 is 0. The Hall–Kier alpha value is -1.11. The van der Waals surface area contributed by atoms with Gasteiger partial charge in [0, 0.05) is 6.08 Å². The molecule has 0 saturated heterocycles. The number of carboxylic acids is 1. The van der Waals surface area contributed by atoms with Crippen molar-refractivity contribution < 1.29 is 50.4 Å². The average Bonchev–Trinajstić information content (AvgIpc) is 2.56. The zero-order chi connectivity index (χ0) is 18.5. The number of aliphatic carboxylic acids is 1. The van der Waals surface area contributed by atoms with Crippen molar-refractivity contribution in [3.8, 4) is 0 Å². The van der Waals surface area contributed by atoms with Crippen LogP contribution in [0.3, 0.4) is 0 Å². The van der Waals surface area contributed by atoms with Crippen LogP contribution in [-0.2, 0) is 9.53 Å². The summed E-state index contributed by atoms with van der Waals surface area (Å²) in [4.78, 5) is 9.25. The Balaban J connectivity index is 0. The molecule has 10 heteroatoms. The van der Waals surface area contributed by atoms with Crippen molar-refractivity contribution in [3.63, 3.8) is 0 Å². The third kappa shape index (κ3) is 8.34. The highest BCUT2D eigenvalue weighted by atomic mass is 16.5. The van der Waals surface area contributed by atoms with Crippen molar-refractivity contribution in [2.24, 2.45) is 10.8 Å². The van der Waals surface area contributed by atoms with Gasteiger partial charge in [-0.25, -0.2) is 4.79 Å². The van der Waals surface area contributed by atoms with E-state index in [0.717, 1.165) is 6.08 Å². The Bertz CT molecular complexity index is 314. The maximum atomic E-state index is 9.25. The van der Waals surface area contributed by atoms with Crippen LogP contribution in [0.25, 0.3) is 0 Å². The molecule has 0 radical (unpaired) electrons. The highest BCUT2D eigenvalue weighted by Crippen LogP contribution is 2.22. The fourth-order valence-electron chi connectivity index (χ4n) is 1.14. The predicted molar refractivity (Wildman–Crippen MR) is 77.2 cm³/mol. The molecular weight excluding hydrogens is 316 g/mol. The molecule has 138 valence electrons. The highest BCUT2D eigenvalue weighted by molar-refractivity contribution is 5.78. The third-order valence-corrected chi connectivity index (χ3v) is 3.16. The molecule has 0 bridgehead atoms. The van der Waals surface area contributed by atoms with Gasteiger partial charge in [0.25, 0.3) is 0 Å². The second-order valence-electron chi connectivity index (χ2n) is 5.06. The lowest BCUT2D eigenvalue weighted by molar-refractivity contribution is -0.197. The first-order valence-electron chi connectivity index (χ1n) is 6.56. The molecular formula is C13H26O10. The van der Waals surface area contributed by atoms with E-state index in [9.17, 15) is 4.79 Å². The van der Waals surface area contributed by atoms with Crippen LogP contribution >= 0.6 is 0 Å². The van der Waals surface area contributed by atoms with Crippen LogP contribution in [0.2, 0.25) is 0 Å². The summed E-state index contributed by atoms with van der Waals surface area (Å²) < 4.78 is 5.06. The van der Waals surface area contributed by atoms with E-state index in [1.165, 1.54) is 0 Å². The zero-order valence-corrected chi connectivity index (χ0v) is 12.7. The van der Waals surface area contributed by atoms with Crippen molar-refractivity contribution >= 4 is 5.97 Å². The van der Waals surface area contributed by atoms with Gasteiger partial charge in [-0.15, -0.1) is 0 Å². The fourth-order valence-corrected chi connectivity index (χ4v) is 1.14. The predicted octanol–water partition coefficient (Wildman–Crippen LogP) is -3.49. The van der Waals surface area contributed by atoms with E-state index in [1.807, 2.05) is 0 Å². The molecule has 0 fully saturated rings. The molecule has 0 heterocycles. The Kier molecular flexibility index (Phi) is 12.9. The van der Waals surface area contributed by atoms with Gasteiger partial charge in [-0.05, 0) is 0 Å². The number of carbonyl (C=O) groups is 1. The monoisotopic (exact) mass is 342 g/mol. The normalized spacial score (nSPS) is 11.8. The Morgan fingerprint density at radius 3 is 1.57 bits per heavy atom. The van der Waals surface area contributed by atoms with E-state index in [0.29, 0.717) is 0 Å². The number of aliphatic hydroxyl groups excluding tert-OH is 6. The molecule has 0 amide bonds. The molecule has 0 saturated carbocycles. The van der Waals surface area contributed by atoms with Crippen molar-refractivity contribution in [1.82, 2.24) is 0 Å². The largest absolute Gasteiger partial charge is 0.478 e. The first kappa shape index (κ1) is 24.1. The summed E-state index contributed by atoms with van der Waals surface area (Å²) in [6.45, 7) is -0.698. The van der Waals surface area contributed by atoms with Crippen molar-refractivity contribution in [1.29, 1.82) is 0 Å². The maximum Gasteiger partial charge on any atom is 0.327 e. The summed E-state index contributed by atoms with van der Waals surface area (Å²) in [5.74, 6) is -0.981. The lowest BCUT2D eigenvalue weighted by Gasteiger charge is -2.33. The number of rotatable bonds is 11. The molecule has 8 N–H and O–H groups in total. The van der Waals surface area contributed by atoms with Crippen molar-refractivity contribution in [2.45, 2.75) is 6.29 Å². The number of hydrogen-bond donors (Lipinski definition) is 8. The van der Waals surface area contributed by atoms with E-state index < -0.39 is 62.7 Å². The molecule has 0 aliphatic heterocycles. The van der Waals surface area contributed by atoms with Crippen LogP contribution in [0.5, 0.6) is 0 Å². The standard InChI is InChI=1S/C10H22O8.C3H4O2/c11-1-9(2-12,3-13)6-18-7-10(4-14,5-15)8(16)17;1-2-3(4)5/h8,11-17H,1-7H2;2H,1H2,(H,4,5). The summed E-state index contributed by atoms with van der Waals surface area (Å²) in [6, 6.07) is 0. The molecule has 0 spiro atoms. The Labute approximate surface area is 133 Å². The van der Waals surface area contributed by atoms with Gasteiger partial charge >= 0.3 is 5.97 Å². The minimum Gasteiger partial charge on any atom is -0.478 e. The van der Waals surface area contributed by atoms with Gasteiger partial charge in [-0.1, -0.05) is 6.58 Å². The van der Waals surface area contributed by atoms with E-state index in [4.69, 9.17) is 45.6 Å². The number of aliphatic hydroxyl groups is 7. The topological polar surface area (TPSA) is 188 Å². The van der Waals surface area contributed by atoms with Gasteiger partial charge in [-0.2, -0.15) is 0 Å². The fraction of sp³-hybridized carbons (Fsp3) is 0.769. The van der Waals surface area contributed by atoms with Crippen molar-refractivity contribution in [2.75, 3.05) is 46.2 Å². The van der Waals surface area contributed by atoms with E-state index in [2.05, 4.69) is 6.58 Å². The molecule has 0 aliphatic rings. The number of hydrogen-bond acceptors (Lipinski definition) is 9. The molecule has 0 aromatic carbocycles. The van der Waals surface area contributed by atoms with Gasteiger partial charge in [0.15, 0.2) is 6.29 Å². The molecule has 0 aromatic rings. The molecule has 23 heavy (non-hydrogen) atoms. The van der Waals surface area contributed by atoms with E-state index in [-0.39, 0.29) is 6.61 Å². The molecule has 0 atom stereocenters. The van der Waals surface area contributed by atoms with Crippen LogP contribution in [0.4, 0.5) is 0 Å². The summed E-state index contributed by atoms with van der Waals surface area (Å²) in [5, 5.41) is 70.9. The van der Waals surface area contributed by atoms with Gasteiger partial charge in [0.05, 0.1) is 57.1 Å². The summed E-state index contributed by atoms with van der Waals surface area (Å²) in [6.07, 6.45) is -1.15. The first-order chi connectivity index (χ1) is 10.7. The van der Waals surface area contributed by atoms with Crippen molar-refractivity contribution in [3.05, 3.63) is 12.7 Å². The Morgan fingerprint density at radius 2 is 1.35 bits per heavy atom. The van der Waals surface area contributed by atoms with Gasteiger partial charge in [0.1, 0.15) is 0 Å². The number of carboxylic acid groups (broad SMARTS) is 1. The second kappa shape index (κ2) is 12.3. The second-order valence-corrected chi connectivity index (χ2v) is 5.06. The lowest BCUT2D eigenvalue weighted by atomic mass is 9.89. The quantitative estimate of drug-likeness (QED) is 0.138. The smallest absolute Gasteiger partial charge is 0.327 e. The molecule has 10 nitrogen and oxygen atoms in total. The minimum atomic E-state index is -1.99. The molecule has 0 unspecified atom stereocenters. The van der Waals surface area contributed by atoms with Gasteiger partial charge in [0.2, 0.25) is 0 Å². The number of ether oxygens (including phenoxy) is 1. The first-order valence-corrected chi connectivity index (χ1v) is 6.56. The van der Waals surface area contributed by atoms with Crippen LogP contribution in [-0.4, -0.2) is 99.4 Å². The van der Waals surface area contributed by atoms with E-state index >= 15 is 0 Å². The zero-order valence-electron chi connectivity index (χ0n) is 12.7. The molecule has 0 aromatic heterocycles. The lowest BCUT2D eigenvalue weighted by Crippen LogP contribution is -2.47. The molecule has 0 rings (SSSR count). The van der Waals surface area contributed by atoms with Crippen LogP contribution in [0, 0.1) is 10.8 Å². The minimum absolute atomic E-state index is 0.259. The SMILES string of the molecule is C=CC(=O)O.OCC(CO)(CO)COCC(CO)(CO)C(O)O. The average molecular weight is 342 g/mol. The molecule has 0 aliphatic carbocycles. The van der Waals surface area contributed by atoms with Gasteiger partial charge < -0.3 is 45.6 Å². The third-order valence-electron chi connectivity index (χ3n) is 3.16. The Morgan fingerprint density at radius 1 is 0.957 bits per heavy atom. The van der Waals surface area contributed by atoms with E-state index in [1.54, 1.807) is 0 Å². The highest BCUT2D eigenvalue weighted by Gasteiger charge is 2.38. The maximum absolute atomic E-state index is 9.25. The van der Waals surface area contributed by atoms with Crippen LogP contribution < -0.4 is 0 Å².